The maximum absolute atomic E-state index is 14.6. The van der Waals surface area contributed by atoms with E-state index in [1.165, 1.54) is 6.07 Å². The first-order valence-electron chi connectivity index (χ1n) is 13.3. The summed E-state index contributed by atoms with van der Waals surface area (Å²) in [6, 6.07) is 16.8. The normalized spacial score (nSPS) is 12.7. The fourth-order valence-electron chi connectivity index (χ4n) is 4.98. The lowest BCUT2D eigenvalue weighted by atomic mass is 9.91. The number of allylic oxidation sites excluding steroid dienone is 5. The molecule has 0 unspecified atom stereocenters. The van der Waals surface area contributed by atoms with Gasteiger partial charge in [0.25, 0.3) is 0 Å². The van der Waals surface area contributed by atoms with Crippen LogP contribution < -0.4 is 5.32 Å². The number of nitrogens with one attached hydrogen (secondary N) is 3. The third-order valence-corrected chi connectivity index (χ3v) is 6.74. The summed E-state index contributed by atoms with van der Waals surface area (Å²) in [6.07, 6.45) is 8.51. The van der Waals surface area contributed by atoms with Crippen molar-refractivity contribution in [2.24, 2.45) is 5.41 Å². The van der Waals surface area contributed by atoms with Gasteiger partial charge in [0.2, 0.25) is 0 Å². The zero-order valence-corrected chi connectivity index (χ0v) is 23.4. The molecule has 0 radical (unpaired) electrons. The van der Waals surface area contributed by atoms with Crippen LogP contribution in [-0.2, 0) is 0 Å². The van der Waals surface area contributed by atoms with Gasteiger partial charge in [-0.2, -0.15) is 5.10 Å². The Balaban J connectivity index is 1.52. The van der Waals surface area contributed by atoms with Gasteiger partial charge in [0.1, 0.15) is 11.5 Å². The minimum Gasteiger partial charge on any atom is -0.359 e. The molecule has 0 amide bonds. The monoisotopic (exact) mass is 531 g/mol. The first-order chi connectivity index (χ1) is 19.2. The molecule has 0 aliphatic carbocycles. The zero-order chi connectivity index (χ0) is 28.4. The number of aromatic amines is 2. The molecule has 5 rings (SSSR count). The van der Waals surface area contributed by atoms with E-state index in [2.05, 4.69) is 83.7 Å². The van der Waals surface area contributed by atoms with Gasteiger partial charge in [0.05, 0.1) is 16.9 Å². The number of halogens is 1. The highest BCUT2D eigenvalue weighted by molar-refractivity contribution is 6.00. The van der Waals surface area contributed by atoms with Crippen LogP contribution in [0.25, 0.3) is 50.0 Å². The fourth-order valence-corrected chi connectivity index (χ4v) is 4.98. The van der Waals surface area contributed by atoms with Gasteiger partial charge in [-0.05, 0) is 78.4 Å². The Morgan fingerprint density at radius 3 is 2.52 bits per heavy atom. The van der Waals surface area contributed by atoms with Crippen molar-refractivity contribution < 1.29 is 4.39 Å². The Morgan fingerprint density at radius 2 is 1.80 bits per heavy atom. The summed E-state index contributed by atoms with van der Waals surface area (Å²) in [5.41, 5.74) is 8.52. The van der Waals surface area contributed by atoms with Crippen molar-refractivity contribution in [1.82, 2.24) is 25.5 Å². The zero-order valence-electron chi connectivity index (χ0n) is 23.4. The molecule has 3 heterocycles. The lowest BCUT2D eigenvalue weighted by Crippen LogP contribution is -2.16. The number of pyridine rings is 1. The number of hydrogen-bond acceptors (Lipinski definition) is 3. The van der Waals surface area contributed by atoms with Crippen LogP contribution in [0.5, 0.6) is 0 Å². The van der Waals surface area contributed by atoms with E-state index in [1.807, 2.05) is 37.3 Å². The number of rotatable bonds is 8. The topological polar surface area (TPSA) is 69.4 Å². The molecular weight excluding hydrogens is 497 g/mol. The molecule has 40 heavy (non-hydrogen) atoms. The molecule has 0 bridgehead atoms. The largest absolute Gasteiger partial charge is 0.359 e. The molecule has 202 valence electrons. The maximum Gasteiger partial charge on any atom is 0.132 e. The van der Waals surface area contributed by atoms with Crippen molar-refractivity contribution in [1.29, 1.82) is 0 Å². The minimum atomic E-state index is -0.303. The molecular formula is C34H34FN5. The van der Waals surface area contributed by atoms with Crippen LogP contribution in [0.4, 0.5) is 4.39 Å². The predicted octanol–water partition coefficient (Wildman–Crippen LogP) is 8.92. The number of hydrogen-bond donors (Lipinski definition) is 3. The molecule has 0 aliphatic rings. The predicted molar refractivity (Wildman–Crippen MR) is 165 cm³/mol. The Kier molecular flexibility index (Phi) is 7.26. The van der Waals surface area contributed by atoms with Crippen molar-refractivity contribution in [2.45, 2.75) is 34.1 Å². The van der Waals surface area contributed by atoms with E-state index in [-0.39, 0.29) is 11.2 Å². The molecule has 3 aromatic heterocycles. The molecule has 6 heteroatoms. The third kappa shape index (κ3) is 5.52. The third-order valence-electron chi connectivity index (χ3n) is 6.74. The average molecular weight is 532 g/mol. The Hall–Kier alpha value is -4.71. The van der Waals surface area contributed by atoms with Crippen molar-refractivity contribution in [3.63, 3.8) is 0 Å². The molecule has 0 aliphatic heterocycles. The summed E-state index contributed by atoms with van der Waals surface area (Å²) in [6.45, 7) is 16.8. The van der Waals surface area contributed by atoms with E-state index in [0.29, 0.717) is 11.3 Å². The standard InChI is InChI=1S/C34H34FN5/c1-7-22(17-24(8-2)37-21(3)20-34(4,5)6)23-13-14-30-26(18-23)33(40-39-30)31-19-27-29(38-31)15-16-36-32(27)25-11-9-10-12-28(25)35/h7-19,37-38H,2-3,20H2,1,4-6H3,(H,39,40)/b22-7+,24-17+. The first-order valence-corrected chi connectivity index (χ1v) is 13.3. The van der Waals surface area contributed by atoms with E-state index in [4.69, 9.17) is 0 Å². The van der Waals surface area contributed by atoms with Crippen LogP contribution in [0.3, 0.4) is 0 Å². The number of nitrogens with zero attached hydrogens (tertiary/aromatic N) is 2. The van der Waals surface area contributed by atoms with Gasteiger partial charge < -0.3 is 10.3 Å². The highest BCUT2D eigenvalue weighted by Gasteiger charge is 2.17. The molecule has 2 aromatic carbocycles. The second-order valence-electron chi connectivity index (χ2n) is 11.1. The molecule has 5 nitrogen and oxygen atoms in total. The van der Waals surface area contributed by atoms with Gasteiger partial charge in [-0.3, -0.25) is 10.1 Å². The summed E-state index contributed by atoms with van der Waals surface area (Å²) >= 11 is 0. The van der Waals surface area contributed by atoms with Gasteiger partial charge >= 0.3 is 0 Å². The highest BCUT2D eigenvalue weighted by atomic mass is 19.1. The minimum absolute atomic E-state index is 0.136. The Morgan fingerprint density at radius 1 is 1.02 bits per heavy atom. The number of benzene rings is 2. The molecule has 0 atom stereocenters. The molecule has 0 fully saturated rings. The van der Waals surface area contributed by atoms with E-state index in [0.717, 1.165) is 62.1 Å². The average Bonchev–Trinajstić information content (AvgIpc) is 3.54. The van der Waals surface area contributed by atoms with Crippen LogP contribution in [0.1, 0.15) is 39.7 Å². The van der Waals surface area contributed by atoms with Crippen LogP contribution in [0.15, 0.2) is 104 Å². The van der Waals surface area contributed by atoms with Crippen molar-refractivity contribution in [3.8, 4) is 22.6 Å². The van der Waals surface area contributed by atoms with E-state index < -0.39 is 0 Å². The second kappa shape index (κ2) is 10.8. The fraction of sp³-hybridized carbons (Fsp3) is 0.176. The van der Waals surface area contributed by atoms with Gasteiger partial charge in [0.15, 0.2) is 0 Å². The van der Waals surface area contributed by atoms with Crippen molar-refractivity contribution >= 4 is 27.4 Å². The van der Waals surface area contributed by atoms with Gasteiger partial charge in [0, 0.05) is 39.4 Å². The SMILES string of the molecule is C=C/C(=C\C(=C/C)c1ccc2[nH]nc(-c3cc4c(-c5ccccc5F)nccc4[nH]3)c2c1)NC(=C)CC(C)(C)C. The lowest BCUT2D eigenvalue weighted by molar-refractivity contribution is 0.403. The summed E-state index contributed by atoms with van der Waals surface area (Å²) in [5.74, 6) is -0.303. The molecule has 0 spiro atoms. The lowest BCUT2D eigenvalue weighted by Gasteiger charge is -2.21. The van der Waals surface area contributed by atoms with Crippen LogP contribution in [-0.4, -0.2) is 20.2 Å². The Labute approximate surface area is 234 Å². The summed E-state index contributed by atoms with van der Waals surface area (Å²) in [4.78, 5) is 7.96. The maximum atomic E-state index is 14.6. The van der Waals surface area contributed by atoms with Crippen LogP contribution in [0.2, 0.25) is 0 Å². The van der Waals surface area contributed by atoms with Crippen molar-refractivity contribution in [3.05, 3.63) is 115 Å². The van der Waals surface area contributed by atoms with E-state index in [1.54, 1.807) is 18.3 Å². The van der Waals surface area contributed by atoms with Gasteiger partial charge in [-0.15, -0.1) is 0 Å². The first kappa shape index (κ1) is 26.9. The number of H-pyrrole nitrogens is 2. The molecule has 3 N–H and O–H groups in total. The van der Waals surface area contributed by atoms with E-state index >= 15 is 0 Å². The quantitative estimate of drug-likeness (QED) is 0.175. The smallest absolute Gasteiger partial charge is 0.132 e. The van der Waals surface area contributed by atoms with Gasteiger partial charge in [-0.1, -0.05) is 58.2 Å². The van der Waals surface area contributed by atoms with Crippen molar-refractivity contribution in [2.75, 3.05) is 0 Å². The Bertz CT molecular complexity index is 1790. The molecule has 5 aromatic rings. The summed E-state index contributed by atoms with van der Waals surface area (Å²) in [7, 11) is 0. The van der Waals surface area contributed by atoms with E-state index in [9.17, 15) is 4.39 Å². The number of aromatic nitrogens is 4. The second-order valence-corrected chi connectivity index (χ2v) is 11.1. The van der Waals surface area contributed by atoms with Crippen LogP contribution in [0, 0.1) is 11.2 Å². The highest BCUT2D eigenvalue weighted by Crippen LogP contribution is 2.34. The summed E-state index contributed by atoms with van der Waals surface area (Å²) < 4.78 is 14.6. The van der Waals surface area contributed by atoms with Gasteiger partial charge in [-0.25, -0.2) is 4.39 Å². The number of fused-ring (bicyclic) bond motifs is 2. The van der Waals surface area contributed by atoms with Crippen LogP contribution >= 0.6 is 0 Å². The molecule has 0 saturated carbocycles. The molecule has 0 saturated heterocycles. The summed E-state index contributed by atoms with van der Waals surface area (Å²) in [5, 5.41) is 13.0.